The summed E-state index contributed by atoms with van der Waals surface area (Å²) in [5, 5.41) is 17.7. The van der Waals surface area contributed by atoms with Crippen LogP contribution in [-0.4, -0.2) is 49.9 Å². The SMILES string of the molecule is CCOP(=O)(Cc1cc(OCCO)cc(OCCO)c1)OCC. The maximum absolute atomic E-state index is 12.6. The lowest BCUT2D eigenvalue weighted by molar-refractivity contribution is 0.194. The van der Waals surface area contributed by atoms with Crippen molar-refractivity contribution in [3.05, 3.63) is 23.8 Å². The minimum absolute atomic E-state index is 0.0838. The van der Waals surface area contributed by atoms with Crippen LogP contribution in [0.5, 0.6) is 11.5 Å². The van der Waals surface area contributed by atoms with Crippen molar-refractivity contribution < 1.29 is 33.3 Å². The molecule has 0 heterocycles. The number of aliphatic hydroxyl groups excluding tert-OH is 2. The molecule has 0 saturated carbocycles. The quantitative estimate of drug-likeness (QED) is 0.559. The average Bonchev–Trinajstić information content (AvgIpc) is 2.51. The molecule has 0 aliphatic heterocycles. The van der Waals surface area contributed by atoms with Gasteiger partial charge in [0.25, 0.3) is 0 Å². The molecule has 1 rings (SSSR count). The first-order valence-corrected chi connectivity index (χ1v) is 9.29. The Kier molecular flexibility index (Phi) is 9.21. The molecule has 2 N–H and O–H groups in total. The minimum Gasteiger partial charge on any atom is -0.491 e. The van der Waals surface area contributed by atoms with Crippen molar-refractivity contribution in [2.45, 2.75) is 20.0 Å². The molecule has 1 aromatic carbocycles. The van der Waals surface area contributed by atoms with E-state index in [2.05, 4.69) is 0 Å². The van der Waals surface area contributed by atoms with Crippen LogP contribution in [0.4, 0.5) is 0 Å². The summed E-state index contributed by atoms with van der Waals surface area (Å²) in [5.41, 5.74) is 0.665. The highest BCUT2D eigenvalue weighted by atomic mass is 31.2. The van der Waals surface area contributed by atoms with Crippen molar-refractivity contribution in [3.63, 3.8) is 0 Å². The summed E-state index contributed by atoms with van der Waals surface area (Å²) in [6.45, 7) is 4.11. The second kappa shape index (κ2) is 10.6. The van der Waals surface area contributed by atoms with Gasteiger partial charge in [-0.2, -0.15) is 0 Å². The number of rotatable bonds is 12. The van der Waals surface area contributed by atoms with Crippen LogP contribution in [0.2, 0.25) is 0 Å². The zero-order chi connectivity index (χ0) is 17.1. The fourth-order valence-corrected chi connectivity index (χ4v) is 3.63. The largest absolute Gasteiger partial charge is 0.491 e. The second-order valence-electron chi connectivity index (χ2n) is 4.56. The van der Waals surface area contributed by atoms with E-state index in [-0.39, 0.29) is 45.8 Å². The molecular formula is C15H25O7P. The molecule has 0 amide bonds. The van der Waals surface area contributed by atoms with E-state index in [0.717, 1.165) is 0 Å². The number of ether oxygens (including phenoxy) is 2. The van der Waals surface area contributed by atoms with E-state index >= 15 is 0 Å². The van der Waals surface area contributed by atoms with Crippen LogP contribution in [-0.2, 0) is 19.8 Å². The molecule has 8 heteroatoms. The molecule has 0 atom stereocenters. The minimum atomic E-state index is -3.24. The Morgan fingerprint density at radius 2 is 1.39 bits per heavy atom. The molecule has 0 aromatic heterocycles. The van der Waals surface area contributed by atoms with Crippen molar-refractivity contribution in [2.75, 3.05) is 39.6 Å². The van der Waals surface area contributed by atoms with Gasteiger partial charge in [-0.3, -0.25) is 4.57 Å². The predicted octanol–water partition coefficient (Wildman–Crippen LogP) is 2.19. The molecule has 7 nitrogen and oxygen atoms in total. The molecule has 0 spiro atoms. The first kappa shape index (κ1) is 19.9. The van der Waals surface area contributed by atoms with E-state index in [9.17, 15) is 4.57 Å². The Bertz CT molecular complexity index is 470. The summed E-state index contributed by atoms with van der Waals surface area (Å²) in [7, 11) is -3.24. The molecule has 23 heavy (non-hydrogen) atoms. The van der Waals surface area contributed by atoms with Crippen molar-refractivity contribution in [1.82, 2.24) is 0 Å². The standard InChI is InChI=1S/C15H25O7P/c1-3-21-23(18,22-4-2)12-13-9-14(19-7-5-16)11-15(10-13)20-8-6-17/h9-11,16-17H,3-8,12H2,1-2H3. The summed E-state index contributed by atoms with van der Waals surface area (Å²) < 4.78 is 34.0. The van der Waals surface area contributed by atoms with Crippen LogP contribution in [0.15, 0.2) is 18.2 Å². The lowest BCUT2D eigenvalue weighted by Gasteiger charge is -2.18. The van der Waals surface area contributed by atoms with E-state index in [1.165, 1.54) is 0 Å². The van der Waals surface area contributed by atoms with Gasteiger partial charge in [-0.25, -0.2) is 0 Å². The normalized spacial score (nSPS) is 11.5. The molecule has 0 radical (unpaired) electrons. The van der Waals surface area contributed by atoms with Crippen molar-refractivity contribution >= 4 is 7.60 Å². The Hall–Kier alpha value is -1.11. The lowest BCUT2D eigenvalue weighted by Crippen LogP contribution is -2.05. The van der Waals surface area contributed by atoms with Crippen LogP contribution in [0, 0.1) is 0 Å². The number of aliphatic hydroxyl groups is 2. The lowest BCUT2D eigenvalue weighted by atomic mass is 10.2. The zero-order valence-electron chi connectivity index (χ0n) is 13.6. The predicted molar refractivity (Wildman–Crippen MR) is 86.2 cm³/mol. The highest BCUT2D eigenvalue weighted by molar-refractivity contribution is 7.53. The van der Waals surface area contributed by atoms with Crippen LogP contribution >= 0.6 is 7.60 Å². The average molecular weight is 348 g/mol. The number of hydrogen-bond donors (Lipinski definition) is 2. The van der Waals surface area contributed by atoms with Gasteiger partial charge in [-0.05, 0) is 31.5 Å². The topological polar surface area (TPSA) is 94.5 Å². The van der Waals surface area contributed by atoms with E-state index in [0.29, 0.717) is 17.1 Å². The molecule has 0 bridgehead atoms. The Morgan fingerprint density at radius 1 is 0.913 bits per heavy atom. The van der Waals surface area contributed by atoms with Gasteiger partial charge in [0.1, 0.15) is 24.7 Å². The number of benzene rings is 1. The maximum Gasteiger partial charge on any atom is 0.335 e. The smallest absolute Gasteiger partial charge is 0.335 e. The van der Waals surface area contributed by atoms with Crippen LogP contribution in [0.25, 0.3) is 0 Å². The monoisotopic (exact) mass is 348 g/mol. The van der Waals surface area contributed by atoms with Crippen LogP contribution in [0.3, 0.4) is 0 Å². The van der Waals surface area contributed by atoms with Gasteiger partial charge in [0.05, 0.1) is 32.6 Å². The Morgan fingerprint density at radius 3 is 1.78 bits per heavy atom. The highest BCUT2D eigenvalue weighted by Gasteiger charge is 2.24. The third-order valence-electron chi connectivity index (χ3n) is 2.69. The summed E-state index contributed by atoms with van der Waals surface area (Å²) in [5.74, 6) is 0.952. The van der Waals surface area contributed by atoms with Gasteiger partial charge in [0.2, 0.25) is 0 Å². The molecule has 0 fully saturated rings. The van der Waals surface area contributed by atoms with Gasteiger partial charge >= 0.3 is 7.60 Å². The summed E-state index contributed by atoms with van der Waals surface area (Å²) >= 11 is 0. The highest BCUT2D eigenvalue weighted by Crippen LogP contribution is 2.51. The van der Waals surface area contributed by atoms with Crippen molar-refractivity contribution in [2.24, 2.45) is 0 Å². The second-order valence-corrected chi connectivity index (χ2v) is 6.62. The van der Waals surface area contributed by atoms with Crippen molar-refractivity contribution in [1.29, 1.82) is 0 Å². The molecule has 132 valence electrons. The van der Waals surface area contributed by atoms with Gasteiger partial charge in [-0.1, -0.05) is 0 Å². The van der Waals surface area contributed by atoms with Crippen molar-refractivity contribution in [3.8, 4) is 11.5 Å². The molecule has 0 saturated heterocycles. The van der Waals surface area contributed by atoms with Crippen LogP contribution < -0.4 is 9.47 Å². The van der Waals surface area contributed by atoms with Gasteiger partial charge in [-0.15, -0.1) is 0 Å². The maximum atomic E-state index is 12.6. The number of hydrogen-bond acceptors (Lipinski definition) is 7. The Labute approximate surface area is 136 Å². The fraction of sp³-hybridized carbons (Fsp3) is 0.600. The molecule has 0 aliphatic carbocycles. The van der Waals surface area contributed by atoms with E-state index in [1.807, 2.05) is 0 Å². The molecular weight excluding hydrogens is 323 g/mol. The first-order chi connectivity index (χ1) is 11.1. The van der Waals surface area contributed by atoms with Gasteiger partial charge in [0, 0.05) is 6.07 Å². The van der Waals surface area contributed by atoms with Crippen LogP contribution in [0.1, 0.15) is 19.4 Å². The third-order valence-corrected chi connectivity index (χ3v) is 4.74. The molecule has 0 unspecified atom stereocenters. The third kappa shape index (κ3) is 7.33. The summed E-state index contributed by atoms with van der Waals surface area (Å²) in [6, 6.07) is 5.04. The molecule has 0 aliphatic rings. The summed E-state index contributed by atoms with van der Waals surface area (Å²) in [6.07, 6.45) is 0.0838. The van der Waals surface area contributed by atoms with E-state index in [4.69, 9.17) is 28.7 Å². The fourth-order valence-electron chi connectivity index (χ4n) is 1.96. The molecule has 1 aromatic rings. The first-order valence-electron chi connectivity index (χ1n) is 7.56. The van der Waals surface area contributed by atoms with Gasteiger partial charge < -0.3 is 28.7 Å². The van der Waals surface area contributed by atoms with Gasteiger partial charge in [0.15, 0.2) is 0 Å². The van der Waals surface area contributed by atoms with E-state index < -0.39 is 7.60 Å². The zero-order valence-corrected chi connectivity index (χ0v) is 14.5. The summed E-state index contributed by atoms with van der Waals surface area (Å²) in [4.78, 5) is 0. The Balaban J connectivity index is 2.99. The van der Waals surface area contributed by atoms with E-state index in [1.54, 1.807) is 32.0 Å².